The van der Waals surface area contributed by atoms with E-state index < -0.39 is 78.4 Å². The van der Waals surface area contributed by atoms with E-state index in [9.17, 15) is 28.0 Å². The Balaban J connectivity index is 1.65. The quantitative estimate of drug-likeness (QED) is 0.659. The highest BCUT2D eigenvalue weighted by molar-refractivity contribution is 6.30. The summed E-state index contributed by atoms with van der Waals surface area (Å²) in [6.45, 7) is -0.736. The predicted molar refractivity (Wildman–Crippen MR) is 111 cm³/mol. The molecule has 0 aromatic heterocycles. The number of rotatable bonds is 6. The molecule has 3 amide bonds. The minimum absolute atomic E-state index is 0.0764. The van der Waals surface area contributed by atoms with Crippen molar-refractivity contribution in [3.8, 4) is 0 Å². The van der Waals surface area contributed by atoms with Gasteiger partial charge in [-0.1, -0.05) is 35.9 Å². The van der Waals surface area contributed by atoms with Gasteiger partial charge in [0.15, 0.2) is 1.41 Å². The molecule has 1 fully saturated rings. The van der Waals surface area contributed by atoms with Gasteiger partial charge >= 0.3 is 5.92 Å². The summed E-state index contributed by atoms with van der Waals surface area (Å²) >= 11 is 5.69. The molecule has 2 heterocycles. The fraction of sp³-hybridized carbons (Fsp3) is 0.304. The summed E-state index contributed by atoms with van der Waals surface area (Å²) in [6, 6.07) is 3.86. The van der Waals surface area contributed by atoms with Gasteiger partial charge in [0.05, 0.1) is 1.37 Å². The number of piperidine rings is 1. The molecule has 1 unspecified atom stereocenters. The number of Topliss-reactive ketones (excluding diaryl/α,β-unsaturated/α-hetero) is 1. The fourth-order valence-electron chi connectivity index (χ4n) is 3.25. The van der Waals surface area contributed by atoms with Crippen LogP contribution in [0.2, 0.25) is 6.43 Å². The predicted octanol–water partition coefficient (Wildman–Crippen LogP) is 3.39. The molecule has 2 aromatic rings. The van der Waals surface area contributed by atoms with Crippen LogP contribution >= 0.6 is 11.6 Å². The molecule has 32 heavy (non-hydrogen) atoms. The lowest BCUT2D eigenvalue weighted by molar-refractivity contribution is -0.144. The molecule has 166 valence electrons. The fourth-order valence-corrected chi connectivity index (χ4v) is 3.37. The summed E-state index contributed by atoms with van der Waals surface area (Å²) < 4.78 is 94.2. The number of hydrogen-bond donors (Lipinski definition) is 1. The van der Waals surface area contributed by atoms with Crippen LogP contribution in [0.25, 0.3) is 0 Å². The van der Waals surface area contributed by atoms with Crippen molar-refractivity contribution in [2.45, 2.75) is 44.0 Å². The number of ketones is 1. The van der Waals surface area contributed by atoms with E-state index in [1.165, 1.54) is 0 Å². The Bertz CT molecular complexity index is 1460. The number of hydrogen-bond acceptors (Lipinski definition) is 4. The maximum absolute atomic E-state index is 14.8. The number of halogens is 3. The van der Waals surface area contributed by atoms with E-state index in [-0.39, 0.29) is 21.7 Å². The minimum Gasteiger partial charge on any atom is -0.322 e. The smallest absolute Gasteiger partial charge is 0.322 e. The standard InChI is InChI=1S/C23H19ClF2N2O4/c24-16-5-3-15(4-6-16)23(25,26)19(29)9-2-13-1-7-17-14(11-13)12-28(22(17)32)18-8-10-20(30)27-21(18)31/h1,3-7,11,18H,2,8-10,12H2,(H,27,30,31)/i2D2,8D2,10D2,18D/hD. The first kappa shape index (κ1) is 14.1. The Hall–Kier alpha value is -3.13. The summed E-state index contributed by atoms with van der Waals surface area (Å²) in [5.41, 5.74) is -1.32. The van der Waals surface area contributed by atoms with Crippen molar-refractivity contribution >= 4 is 35.1 Å². The molecule has 6 nitrogen and oxygen atoms in total. The third-order valence-corrected chi connectivity index (χ3v) is 5.13. The molecule has 0 spiro atoms. The lowest BCUT2D eigenvalue weighted by atomic mass is 9.97. The van der Waals surface area contributed by atoms with Crippen molar-refractivity contribution < 1.29 is 39.0 Å². The highest BCUT2D eigenvalue weighted by atomic mass is 35.5. The van der Waals surface area contributed by atoms with Gasteiger partial charge in [-0.3, -0.25) is 24.5 Å². The van der Waals surface area contributed by atoms with Crippen molar-refractivity contribution in [1.29, 1.82) is 0 Å². The van der Waals surface area contributed by atoms with E-state index in [1.807, 2.05) is 0 Å². The summed E-state index contributed by atoms with van der Waals surface area (Å²) in [5.74, 6) is -10.6. The van der Waals surface area contributed by atoms with Gasteiger partial charge in [0, 0.05) is 43.7 Å². The molecular formula is C23H19ClF2N2O4. The highest BCUT2D eigenvalue weighted by Gasteiger charge is 2.41. The summed E-state index contributed by atoms with van der Waals surface area (Å²) in [5, 5.41) is -0.360. The van der Waals surface area contributed by atoms with Crippen molar-refractivity contribution in [3.63, 3.8) is 0 Å². The van der Waals surface area contributed by atoms with Gasteiger partial charge in [-0.15, -0.1) is 0 Å². The molecule has 9 heteroatoms. The van der Waals surface area contributed by atoms with Crippen LogP contribution in [0.4, 0.5) is 8.78 Å². The number of alkyl halides is 2. The second kappa shape index (κ2) is 8.43. The van der Waals surface area contributed by atoms with E-state index in [1.54, 1.807) is 0 Å². The summed E-state index contributed by atoms with van der Waals surface area (Å²) in [4.78, 5) is 50.8. The first-order valence-corrected chi connectivity index (χ1v) is 9.59. The third-order valence-electron chi connectivity index (χ3n) is 4.88. The Kier molecular flexibility index (Phi) is 3.71. The topological polar surface area (TPSA) is 83.6 Å². The zero-order chi connectivity index (χ0) is 30.2. The zero-order valence-corrected chi connectivity index (χ0v) is 16.9. The molecule has 0 saturated carbocycles. The monoisotopic (exact) mass is 468 g/mol. The maximum Gasteiger partial charge on any atom is 0.330 e. The van der Waals surface area contributed by atoms with E-state index in [2.05, 4.69) is 0 Å². The Morgan fingerprint density at radius 2 is 2.00 bits per heavy atom. The molecule has 0 radical (unpaired) electrons. The Labute approximate surface area is 198 Å². The molecule has 0 aliphatic carbocycles. The SMILES string of the molecule is [2H]N1C(=O)C([2H])([2H])C([2H])([2H])C([2H])(N2Cc3cc(C([2H])([2H])CC(=O)C(F)(F)c4ccc(Cl)cc4)ccc3C2=O)C1=O. The van der Waals surface area contributed by atoms with E-state index in [4.69, 9.17) is 22.6 Å². The first-order valence-electron chi connectivity index (χ1n) is 13.2. The van der Waals surface area contributed by atoms with E-state index in [0.29, 0.717) is 4.90 Å². The van der Waals surface area contributed by atoms with Crippen molar-refractivity contribution in [1.82, 2.24) is 10.2 Å². The lowest BCUT2D eigenvalue weighted by Crippen LogP contribution is -2.52. The van der Waals surface area contributed by atoms with Gasteiger partial charge < -0.3 is 4.90 Å². The lowest BCUT2D eigenvalue weighted by Gasteiger charge is -2.29. The molecule has 1 saturated heterocycles. The van der Waals surface area contributed by atoms with Crippen LogP contribution in [0.5, 0.6) is 0 Å². The van der Waals surface area contributed by atoms with Gasteiger partial charge in [0.2, 0.25) is 17.6 Å². The number of amides is 3. The number of aryl methyl sites for hydroxylation is 1. The summed E-state index contributed by atoms with van der Waals surface area (Å²) in [6.07, 6.45) is -11.1. The van der Waals surface area contributed by atoms with Crippen LogP contribution in [0.15, 0.2) is 42.5 Å². The molecule has 2 aliphatic heterocycles. The van der Waals surface area contributed by atoms with E-state index in [0.717, 1.165) is 42.5 Å². The van der Waals surface area contributed by atoms with Gasteiger partial charge in [-0.05, 0) is 42.1 Å². The first-order chi connectivity index (χ1) is 18.2. The van der Waals surface area contributed by atoms with Gasteiger partial charge in [0.25, 0.3) is 5.91 Å². The zero-order valence-electron chi connectivity index (χ0n) is 24.1. The highest BCUT2D eigenvalue weighted by Crippen LogP contribution is 2.32. The largest absolute Gasteiger partial charge is 0.330 e. The Morgan fingerprint density at radius 1 is 1.28 bits per heavy atom. The maximum atomic E-state index is 14.8. The molecule has 1 atom stereocenters. The summed E-state index contributed by atoms with van der Waals surface area (Å²) in [7, 11) is 0. The number of imide groups is 1. The minimum atomic E-state index is -4.05. The van der Waals surface area contributed by atoms with E-state index >= 15 is 0 Å². The number of benzene rings is 2. The second-order valence-electron chi connectivity index (χ2n) is 6.94. The van der Waals surface area contributed by atoms with Crippen molar-refractivity contribution in [2.24, 2.45) is 0 Å². The molecule has 1 N–H and O–H groups in total. The van der Waals surface area contributed by atoms with Crippen LogP contribution in [0, 0.1) is 0 Å². The number of fused-ring (bicyclic) bond motifs is 1. The van der Waals surface area contributed by atoms with Crippen LogP contribution in [0.3, 0.4) is 0 Å². The van der Waals surface area contributed by atoms with Gasteiger partial charge in [-0.25, -0.2) is 0 Å². The molecule has 2 aromatic carbocycles. The van der Waals surface area contributed by atoms with Crippen LogP contribution < -0.4 is 5.31 Å². The van der Waals surface area contributed by atoms with Gasteiger partial charge in [-0.2, -0.15) is 8.78 Å². The average molecular weight is 469 g/mol. The van der Waals surface area contributed by atoms with Crippen LogP contribution in [-0.4, -0.2) is 34.4 Å². The Morgan fingerprint density at radius 3 is 2.72 bits per heavy atom. The number of carbonyl (C=O) groups excluding carboxylic acids is 4. The second-order valence-corrected chi connectivity index (χ2v) is 7.38. The molecular weight excluding hydrogens is 442 g/mol. The molecule has 4 rings (SSSR count). The van der Waals surface area contributed by atoms with Crippen LogP contribution in [-0.2, 0) is 33.2 Å². The van der Waals surface area contributed by atoms with Crippen molar-refractivity contribution in [2.75, 3.05) is 0 Å². The normalized spacial score (nSPS) is 28.4. The number of nitrogens with one attached hydrogen (secondary N) is 1. The van der Waals surface area contributed by atoms with Crippen molar-refractivity contribution in [3.05, 3.63) is 69.7 Å². The van der Waals surface area contributed by atoms with Crippen LogP contribution in [0.1, 0.15) is 55.8 Å². The third kappa shape index (κ3) is 4.14. The molecule has 0 bridgehead atoms. The number of carbonyl (C=O) groups is 4. The van der Waals surface area contributed by atoms with Gasteiger partial charge in [0.1, 0.15) is 6.02 Å². The molecule has 2 aliphatic rings. The number of nitrogens with zero attached hydrogens (tertiary/aromatic N) is 1. The average Bonchev–Trinajstić information content (AvgIpc) is 3.22.